The molecule has 1 fully saturated rings. The average molecular weight is 279 g/mol. The largest absolute Gasteiger partial charge is 0.496 e. The first-order valence-corrected chi connectivity index (χ1v) is 6.25. The lowest BCUT2D eigenvalue weighted by Crippen LogP contribution is -2.49. The van der Waals surface area contributed by atoms with Crippen LogP contribution in [0, 0.1) is 5.92 Å². The van der Waals surface area contributed by atoms with Gasteiger partial charge < -0.3 is 15.2 Å². The van der Waals surface area contributed by atoms with E-state index in [9.17, 15) is 9.59 Å². The zero-order valence-electron chi connectivity index (χ0n) is 11.4. The van der Waals surface area contributed by atoms with Gasteiger partial charge in [0.2, 0.25) is 0 Å². The van der Waals surface area contributed by atoms with Crippen LogP contribution in [0.15, 0.2) is 12.3 Å². The number of hydrogen-bond donors (Lipinski definition) is 2. The fourth-order valence-corrected chi connectivity index (χ4v) is 2.12. The van der Waals surface area contributed by atoms with Crippen molar-refractivity contribution in [3.05, 3.63) is 23.5 Å². The van der Waals surface area contributed by atoms with E-state index in [-0.39, 0.29) is 11.8 Å². The Morgan fingerprint density at radius 2 is 2.25 bits per heavy atom. The number of carbonyl (C=O) groups excluding carboxylic acids is 1. The van der Waals surface area contributed by atoms with E-state index >= 15 is 0 Å². The molecule has 2 rings (SSSR count). The standard InChI is InChI=1S/C13H17N3O4/c1-14-12(17)10-3-11(20-2)8(4-15-10)5-16-6-9(7-16)13(18)19/h3-4,9H,5-7H2,1-2H3,(H,14,17)(H,18,19). The number of carboxylic acids is 1. The van der Waals surface area contributed by atoms with E-state index in [1.807, 2.05) is 4.90 Å². The summed E-state index contributed by atoms with van der Waals surface area (Å²) in [5.74, 6) is -0.748. The number of nitrogens with one attached hydrogen (secondary N) is 1. The molecule has 0 saturated carbocycles. The maximum Gasteiger partial charge on any atom is 0.309 e. The summed E-state index contributed by atoms with van der Waals surface area (Å²) in [5, 5.41) is 11.3. The number of carbonyl (C=O) groups is 2. The van der Waals surface area contributed by atoms with Crippen LogP contribution in [0.2, 0.25) is 0 Å². The second-order valence-electron chi connectivity index (χ2n) is 4.69. The predicted octanol–water partition coefficient (Wildman–Crippen LogP) is -0.0338. The highest BCUT2D eigenvalue weighted by atomic mass is 16.5. The van der Waals surface area contributed by atoms with E-state index in [1.165, 1.54) is 14.2 Å². The Labute approximate surface area is 116 Å². The summed E-state index contributed by atoms with van der Waals surface area (Å²) in [7, 11) is 3.07. The minimum absolute atomic E-state index is 0.273. The molecular formula is C13H17N3O4. The number of likely N-dealkylation sites (tertiary alicyclic amines) is 1. The molecule has 7 nitrogen and oxygen atoms in total. The van der Waals surface area contributed by atoms with Gasteiger partial charge in [-0.05, 0) is 0 Å². The van der Waals surface area contributed by atoms with Gasteiger partial charge in [0, 0.05) is 44.5 Å². The molecule has 1 aromatic heterocycles. The summed E-state index contributed by atoms with van der Waals surface area (Å²) >= 11 is 0. The molecule has 1 aliphatic heterocycles. The van der Waals surface area contributed by atoms with Gasteiger partial charge in [0.15, 0.2) is 0 Å². The maximum atomic E-state index is 11.5. The molecule has 2 N–H and O–H groups in total. The highest BCUT2D eigenvalue weighted by molar-refractivity contribution is 5.92. The number of methoxy groups -OCH3 is 1. The van der Waals surface area contributed by atoms with Crippen molar-refractivity contribution in [3.63, 3.8) is 0 Å². The summed E-state index contributed by atoms with van der Waals surface area (Å²) in [6.45, 7) is 1.61. The SMILES string of the molecule is CNC(=O)c1cc(OC)c(CN2CC(C(=O)O)C2)cn1. The van der Waals surface area contributed by atoms with E-state index in [1.54, 1.807) is 12.3 Å². The molecule has 1 aliphatic rings. The molecule has 1 amide bonds. The summed E-state index contributed by atoms with van der Waals surface area (Å²) in [4.78, 5) is 28.3. The first-order chi connectivity index (χ1) is 9.55. The number of aromatic nitrogens is 1. The highest BCUT2D eigenvalue weighted by Crippen LogP contribution is 2.24. The van der Waals surface area contributed by atoms with Crippen molar-refractivity contribution in [2.45, 2.75) is 6.54 Å². The first-order valence-electron chi connectivity index (χ1n) is 6.25. The molecule has 1 aromatic rings. The molecule has 0 unspecified atom stereocenters. The zero-order chi connectivity index (χ0) is 14.7. The summed E-state index contributed by atoms with van der Waals surface area (Å²) in [6.07, 6.45) is 1.59. The van der Waals surface area contributed by atoms with Crippen molar-refractivity contribution < 1.29 is 19.4 Å². The molecular weight excluding hydrogens is 262 g/mol. The lowest BCUT2D eigenvalue weighted by atomic mass is 10.00. The quantitative estimate of drug-likeness (QED) is 0.786. The molecule has 0 spiro atoms. The number of pyridine rings is 1. The van der Waals surface area contributed by atoms with Crippen LogP contribution < -0.4 is 10.1 Å². The van der Waals surface area contributed by atoms with Gasteiger partial charge in [-0.15, -0.1) is 0 Å². The van der Waals surface area contributed by atoms with E-state index < -0.39 is 5.97 Å². The Kier molecular flexibility index (Phi) is 4.19. The fourth-order valence-electron chi connectivity index (χ4n) is 2.12. The van der Waals surface area contributed by atoms with Crippen molar-refractivity contribution in [2.24, 2.45) is 5.92 Å². The lowest BCUT2D eigenvalue weighted by Gasteiger charge is -2.36. The van der Waals surface area contributed by atoms with Crippen LogP contribution in [-0.2, 0) is 11.3 Å². The minimum atomic E-state index is -0.763. The van der Waals surface area contributed by atoms with Gasteiger partial charge in [-0.2, -0.15) is 0 Å². The number of rotatable bonds is 5. The van der Waals surface area contributed by atoms with Gasteiger partial charge in [-0.25, -0.2) is 0 Å². The number of amides is 1. The third kappa shape index (κ3) is 2.88. The van der Waals surface area contributed by atoms with Crippen LogP contribution in [0.25, 0.3) is 0 Å². The highest BCUT2D eigenvalue weighted by Gasteiger charge is 2.32. The molecule has 0 atom stereocenters. The van der Waals surface area contributed by atoms with Crippen LogP contribution in [0.5, 0.6) is 5.75 Å². The molecule has 1 saturated heterocycles. The van der Waals surface area contributed by atoms with Crippen molar-refractivity contribution in [3.8, 4) is 5.75 Å². The van der Waals surface area contributed by atoms with Gasteiger partial charge in [0.25, 0.3) is 5.91 Å². The van der Waals surface area contributed by atoms with E-state index in [0.717, 1.165) is 5.56 Å². The topological polar surface area (TPSA) is 91.8 Å². The van der Waals surface area contributed by atoms with Gasteiger partial charge in [0.1, 0.15) is 11.4 Å². The van der Waals surface area contributed by atoms with Crippen LogP contribution >= 0.6 is 0 Å². The van der Waals surface area contributed by atoms with E-state index in [4.69, 9.17) is 9.84 Å². The number of ether oxygens (including phenoxy) is 1. The Hall–Kier alpha value is -2.15. The molecule has 0 bridgehead atoms. The van der Waals surface area contributed by atoms with Gasteiger partial charge in [-0.1, -0.05) is 0 Å². The Morgan fingerprint density at radius 3 is 2.80 bits per heavy atom. The van der Waals surface area contributed by atoms with Crippen LogP contribution in [0.1, 0.15) is 16.1 Å². The second-order valence-corrected chi connectivity index (χ2v) is 4.69. The molecule has 0 aromatic carbocycles. The maximum absolute atomic E-state index is 11.5. The van der Waals surface area contributed by atoms with Crippen molar-refractivity contribution in [2.75, 3.05) is 27.2 Å². The van der Waals surface area contributed by atoms with Crippen molar-refractivity contribution in [1.82, 2.24) is 15.2 Å². The smallest absolute Gasteiger partial charge is 0.309 e. The Morgan fingerprint density at radius 1 is 1.55 bits per heavy atom. The average Bonchev–Trinajstić information content (AvgIpc) is 2.40. The van der Waals surface area contributed by atoms with E-state index in [2.05, 4.69) is 10.3 Å². The molecule has 20 heavy (non-hydrogen) atoms. The Balaban J connectivity index is 2.05. The lowest BCUT2D eigenvalue weighted by molar-refractivity contribution is -0.147. The van der Waals surface area contributed by atoms with Crippen LogP contribution in [-0.4, -0.2) is 54.1 Å². The summed E-state index contributed by atoms with van der Waals surface area (Å²) < 4.78 is 5.26. The molecule has 0 aliphatic carbocycles. The van der Waals surface area contributed by atoms with Crippen LogP contribution in [0.4, 0.5) is 0 Å². The van der Waals surface area contributed by atoms with Crippen molar-refractivity contribution in [1.29, 1.82) is 0 Å². The predicted molar refractivity (Wildman–Crippen MR) is 70.6 cm³/mol. The third-order valence-corrected chi connectivity index (χ3v) is 3.32. The number of nitrogens with zero attached hydrogens (tertiary/aromatic N) is 2. The van der Waals surface area contributed by atoms with Gasteiger partial charge >= 0.3 is 5.97 Å². The normalized spacial score (nSPS) is 15.5. The molecule has 2 heterocycles. The van der Waals surface area contributed by atoms with Gasteiger partial charge in [-0.3, -0.25) is 19.5 Å². The Bertz CT molecular complexity index is 526. The summed E-state index contributed by atoms with van der Waals surface area (Å²) in [6, 6.07) is 1.59. The number of aliphatic carboxylic acids is 1. The number of hydrogen-bond acceptors (Lipinski definition) is 5. The zero-order valence-corrected chi connectivity index (χ0v) is 11.4. The monoisotopic (exact) mass is 279 g/mol. The van der Waals surface area contributed by atoms with E-state index in [0.29, 0.717) is 31.1 Å². The van der Waals surface area contributed by atoms with Crippen LogP contribution in [0.3, 0.4) is 0 Å². The number of carboxylic acid groups (broad SMARTS) is 1. The fraction of sp³-hybridized carbons (Fsp3) is 0.462. The molecule has 7 heteroatoms. The summed E-state index contributed by atoms with van der Waals surface area (Å²) in [5.41, 5.74) is 1.13. The van der Waals surface area contributed by atoms with Gasteiger partial charge in [0.05, 0.1) is 13.0 Å². The second kappa shape index (κ2) is 5.87. The minimum Gasteiger partial charge on any atom is -0.496 e. The van der Waals surface area contributed by atoms with Crippen molar-refractivity contribution >= 4 is 11.9 Å². The molecule has 108 valence electrons. The molecule has 0 radical (unpaired) electrons. The first kappa shape index (κ1) is 14.3. The third-order valence-electron chi connectivity index (χ3n) is 3.32.